The molecule has 2 rings (SSSR count). The molecule has 2 aromatic rings. The van der Waals surface area contributed by atoms with Crippen molar-refractivity contribution in [2.45, 2.75) is 4.90 Å². The number of hydrogen-bond donors (Lipinski definition) is 2. The van der Waals surface area contributed by atoms with Gasteiger partial charge in [-0.25, -0.2) is 9.78 Å². The van der Waals surface area contributed by atoms with Gasteiger partial charge in [-0.3, -0.25) is 4.55 Å². The van der Waals surface area contributed by atoms with E-state index in [1.165, 1.54) is 11.6 Å². The zero-order chi connectivity index (χ0) is 11.9. The van der Waals surface area contributed by atoms with Gasteiger partial charge in [-0.1, -0.05) is 0 Å². The second-order valence-corrected chi connectivity index (χ2v) is 5.14. The highest BCUT2D eigenvalue weighted by molar-refractivity contribution is 7.86. The summed E-state index contributed by atoms with van der Waals surface area (Å²) in [5, 5.41) is 8.83. The van der Waals surface area contributed by atoms with Gasteiger partial charge in [-0.2, -0.15) is 8.42 Å². The van der Waals surface area contributed by atoms with Crippen molar-refractivity contribution in [2.24, 2.45) is 0 Å². The molecule has 2 N–H and O–H groups in total. The largest absolute Gasteiger partial charge is 0.478 e. The van der Waals surface area contributed by atoms with Crippen molar-refractivity contribution in [2.75, 3.05) is 0 Å². The third-order valence-corrected chi connectivity index (χ3v) is 3.87. The number of carbonyl (C=O) groups is 1. The molecule has 0 fully saturated rings. The lowest BCUT2D eigenvalue weighted by atomic mass is 10.2. The molecular formula is C8H5NO5S2. The molecule has 16 heavy (non-hydrogen) atoms. The van der Waals surface area contributed by atoms with Crippen LogP contribution in [-0.4, -0.2) is 29.0 Å². The van der Waals surface area contributed by atoms with Gasteiger partial charge in [0, 0.05) is 0 Å². The van der Waals surface area contributed by atoms with Crippen molar-refractivity contribution in [3.63, 3.8) is 0 Å². The molecule has 0 spiro atoms. The molecule has 0 atom stereocenters. The first-order valence-electron chi connectivity index (χ1n) is 3.98. The normalized spacial score (nSPS) is 11.8. The second-order valence-electron chi connectivity index (χ2n) is 2.92. The summed E-state index contributed by atoms with van der Waals surface area (Å²) < 4.78 is 31.4. The first kappa shape index (κ1) is 11.0. The fraction of sp³-hybridized carbons (Fsp3) is 0. The van der Waals surface area contributed by atoms with Crippen molar-refractivity contribution >= 4 is 37.6 Å². The predicted molar refractivity (Wildman–Crippen MR) is 56.4 cm³/mol. The van der Waals surface area contributed by atoms with Gasteiger partial charge >= 0.3 is 5.97 Å². The molecular weight excluding hydrogens is 254 g/mol. The van der Waals surface area contributed by atoms with E-state index in [4.69, 9.17) is 9.66 Å². The van der Waals surface area contributed by atoms with E-state index in [9.17, 15) is 13.2 Å². The number of carboxylic acid groups (broad SMARTS) is 1. The molecule has 0 radical (unpaired) electrons. The first-order valence-corrected chi connectivity index (χ1v) is 6.30. The van der Waals surface area contributed by atoms with Gasteiger partial charge in [0.1, 0.15) is 4.90 Å². The Hall–Kier alpha value is -1.51. The number of thiazole rings is 1. The van der Waals surface area contributed by atoms with Crippen LogP contribution >= 0.6 is 11.3 Å². The fourth-order valence-corrected chi connectivity index (χ4v) is 3.29. The van der Waals surface area contributed by atoms with Gasteiger partial charge in [-0.05, 0) is 12.1 Å². The number of nitrogens with zero attached hydrogens (tertiary/aromatic N) is 1. The zero-order valence-electron chi connectivity index (χ0n) is 7.61. The molecule has 0 saturated heterocycles. The molecule has 0 bridgehead atoms. The van der Waals surface area contributed by atoms with Crippen LogP contribution in [0.4, 0.5) is 0 Å². The third-order valence-electron chi connectivity index (χ3n) is 1.94. The van der Waals surface area contributed by atoms with Crippen LogP contribution < -0.4 is 0 Å². The van der Waals surface area contributed by atoms with Crippen LogP contribution in [0.3, 0.4) is 0 Å². The van der Waals surface area contributed by atoms with Gasteiger partial charge in [-0.15, -0.1) is 11.3 Å². The van der Waals surface area contributed by atoms with Crippen LogP contribution in [0.25, 0.3) is 10.2 Å². The molecule has 0 amide bonds. The van der Waals surface area contributed by atoms with Crippen LogP contribution in [-0.2, 0) is 10.1 Å². The first-order chi connectivity index (χ1) is 7.41. The van der Waals surface area contributed by atoms with Crippen LogP contribution in [0.2, 0.25) is 0 Å². The van der Waals surface area contributed by atoms with E-state index in [0.717, 1.165) is 17.4 Å². The second kappa shape index (κ2) is 3.51. The molecule has 1 heterocycles. The molecule has 0 aliphatic carbocycles. The smallest absolute Gasteiger partial charge is 0.337 e. The maximum absolute atomic E-state index is 11.1. The maximum Gasteiger partial charge on any atom is 0.337 e. The van der Waals surface area contributed by atoms with E-state index in [0.29, 0.717) is 5.52 Å². The van der Waals surface area contributed by atoms with Gasteiger partial charge in [0.2, 0.25) is 0 Å². The highest BCUT2D eigenvalue weighted by Gasteiger charge is 2.24. The highest BCUT2D eigenvalue weighted by atomic mass is 32.2. The quantitative estimate of drug-likeness (QED) is 0.786. The zero-order valence-corrected chi connectivity index (χ0v) is 9.25. The maximum atomic E-state index is 11.1. The van der Waals surface area contributed by atoms with Gasteiger partial charge in [0.05, 0.1) is 21.3 Å². The Morgan fingerprint density at radius 3 is 2.62 bits per heavy atom. The number of fused-ring (bicyclic) bond motifs is 1. The molecule has 1 aromatic heterocycles. The van der Waals surface area contributed by atoms with Crippen LogP contribution in [0.1, 0.15) is 10.4 Å². The summed E-state index contributed by atoms with van der Waals surface area (Å²) >= 11 is 0.959. The Balaban J connectivity index is 2.98. The molecule has 6 nitrogen and oxygen atoms in total. The SMILES string of the molecule is O=C(O)c1ccc2ncsc2c1S(=O)(=O)O. The summed E-state index contributed by atoms with van der Waals surface area (Å²) in [6, 6.07) is 2.50. The predicted octanol–water partition coefficient (Wildman–Crippen LogP) is 1.24. The molecule has 84 valence electrons. The van der Waals surface area contributed by atoms with Crippen LogP contribution in [0.15, 0.2) is 22.5 Å². The van der Waals surface area contributed by atoms with Gasteiger partial charge in [0.25, 0.3) is 10.1 Å². The molecule has 0 saturated carbocycles. The lowest BCUT2D eigenvalue weighted by Gasteiger charge is -2.03. The van der Waals surface area contributed by atoms with E-state index in [1.54, 1.807) is 0 Å². The molecule has 0 aliphatic rings. The summed E-state index contributed by atoms with van der Waals surface area (Å²) in [5.74, 6) is -1.41. The minimum atomic E-state index is -4.59. The third kappa shape index (κ3) is 1.66. The Morgan fingerprint density at radius 2 is 2.06 bits per heavy atom. The van der Waals surface area contributed by atoms with E-state index in [1.807, 2.05) is 0 Å². The molecule has 0 unspecified atom stereocenters. The number of rotatable bonds is 2. The lowest BCUT2D eigenvalue weighted by Crippen LogP contribution is -2.08. The van der Waals surface area contributed by atoms with E-state index >= 15 is 0 Å². The van der Waals surface area contributed by atoms with Crippen molar-refractivity contribution < 1.29 is 22.9 Å². The van der Waals surface area contributed by atoms with Crippen molar-refractivity contribution in [3.05, 3.63) is 23.2 Å². The van der Waals surface area contributed by atoms with Crippen LogP contribution in [0.5, 0.6) is 0 Å². The highest BCUT2D eigenvalue weighted by Crippen LogP contribution is 2.29. The fourth-order valence-electron chi connectivity index (χ4n) is 1.33. The van der Waals surface area contributed by atoms with E-state index in [-0.39, 0.29) is 4.70 Å². The number of benzene rings is 1. The van der Waals surface area contributed by atoms with Crippen molar-refractivity contribution in [1.82, 2.24) is 4.98 Å². The Bertz CT molecular complexity index is 673. The number of aromatic carboxylic acids is 1. The van der Waals surface area contributed by atoms with E-state index in [2.05, 4.69) is 4.98 Å². The molecule has 0 aliphatic heterocycles. The van der Waals surface area contributed by atoms with Crippen molar-refractivity contribution in [1.29, 1.82) is 0 Å². The number of hydrogen-bond acceptors (Lipinski definition) is 5. The molecule has 8 heteroatoms. The summed E-state index contributed by atoms with van der Waals surface area (Å²) in [4.78, 5) is 14.1. The Morgan fingerprint density at radius 1 is 1.38 bits per heavy atom. The number of carboxylic acids is 1. The Labute approximate surface area is 93.9 Å². The summed E-state index contributed by atoms with van der Waals surface area (Å²) in [6.07, 6.45) is 0. The summed E-state index contributed by atoms with van der Waals surface area (Å²) in [7, 11) is -4.59. The standard InChI is InChI=1S/C8H5NO5S2/c10-8(11)4-1-2-5-6(15-3-9-5)7(4)16(12,13)14/h1-3H,(H,10,11)(H,12,13,14). The average Bonchev–Trinajstić information content (AvgIpc) is 2.61. The minimum absolute atomic E-state index is 0.141. The van der Waals surface area contributed by atoms with Gasteiger partial charge in [0.15, 0.2) is 0 Å². The topological polar surface area (TPSA) is 105 Å². The van der Waals surface area contributed by atoms with E-state index < -0.39 is 26.5 Å². The Kier molecular flexibility index (Phi) is 2.41. The van der Waals surface area contributed by atoms with Crippen molar-refractivity contribution in [3.8, 4) is 0 Å². The average molecular weight is 259 g/mol. The minimum Gasteiger partial charge on any atom is -0.478 e. The monoisotopic (exact) mass is 259 g/mol. The summed E-state index contributed by atoms with van der Waals surface area (Å²) in [6.45, 7) is 0. The number of aromatic nitrogens is 1. The lowest BCUT2D eigenvalue weighted by molar-refractivity contribution is 0.0692. The molecule has 1 aromatic carbocycles. The van der Waals surface area contributed by atoms with Crippen LogP contribution in [0, 0.1) is 0 Å². The summed E-state index contributed by atoms with van der Waals surface area (Å²) in [5.41, 5.74) is 1.26. The van der Waals surface area contributed by atoms with Gasteiger partial charge < -0.3 is 5.11 Å².